The third kappa shape index (κ3) is 1.41. The molecule has 2 saturated carbocycles. The van der Waals surface area contributed by atoms with Gasteiger partial charge >= 0.3 is 0 Å². The van der Waals surface area contributed by atoms with Gasteiger partial charge in [0.1, 0.15) is 0 Å². The summed E-state index contributed by atoms with van der Waals surface area (Å²) in [5.41, 5.74) is 3.43. The Kier molecular flexibility index (Phi) is 2.83. The van der Waals surface area contributed by atoms with Gasteiger partial charge in [-0.3, -0.25) is 0 Å². The molecule has 0 aromatic heterocycles. The second-order valence-corrected chi connectivity index (χ2v) is 5.23. The summed E-state index contributed by atoms with van der Waals surface area (Å²) in [6.07, 6.45) is 4.18. The Morgan fingerprint density at radius 2 is 1.88 bits per heavy atom. The van der Waals surface area contributed by atoms with E-state index in [1.807, 2.05) is 0 Å². The lowest BCUT2D eigenvalue weighted by Crippen LogP contribution is -2.35. The first-order valence-corrected chi connectivity index (χ1v) is 6.02. The minimum atomic E-state index is 0. The number of likely N-dealkylation sites (N-methyl/N-ethyl adjacent to an activating group) is 1. The molecule has 1 nitrogen and oxygen atoms in total. The van der Waals surface area contributed by atoms with Crippen molar-refractivity contribution in [1.29, 1.82) is 0 Å². The van der Waals surface area contributed by atoms with E-state index in [0.29, 0.717) is 11.5 Å². The first-order chi connectivity index (χ1) is 7.27. The summed E-state index contributed by atoms with van der Waals surface area (Å²) in [4.78, 5) is 0. The van der Waals surface area contributed by atoms with Gasteiger partial charge in [0.2, 0.25) is 0 Å². The van der Waals surface area contributed by atoms with Crippen LogP contribution in [-0.2, 0) is 5.41 Å². The van der Waals surface area contributed by atoms with Crippen molar-refractivity contribution >= 4 is 0 Å². The summed E-state index contributed by atoms with van der Waals surface area (Å²) in [5.74, 6) is 0.956. The van der Waals surface area contributed by atoms with Crippen molar-refractivity contribution in [2.75, 3.05) is 7.05 Å². The van der Waals surface area contributed by atoms with Crippen LogP contribution < -0.4 is 5.32 Å². The van der Waals surface area contributed by atoms with Crippen molar-refractivity contribution in [2.24, 2.45) is 5.92 Å². The summed E-state index contributed by atoms with van der Waals surface area (Å²) in [5, 5.41) is 3.51. The predicted octanol–water partition coefficient (Wildman–Crippen LogP) is 3.27. The molecule has 0 radical (unpaired) electrons. The fourth-order valence-electron chi connectivity index (χ4n) is 3.58. The molecule has 1 heteroatoms. The van der Waals surface area contributed by atoms with Crippen molar-refractivity contribution in [3.8, 4) is 0 Å². The summed E-state index contributed by atoms with van der Waals surface area (Å²) in [7, 11) is 2.11. The van der Waals surface area contributed by atoms with Gasteiger partial charge in [0, 0.05) is 11.5 Å². The monoisotopic (exact) mass is 217 g/mol. The molecule has 0 amide bonds. The second-order valence-electron chi connectivity index (χ2n) is 5.23. The molecule has 3 rings (SSSR count). The van der Waals surface area contributed by atoms with Gasteiger partial charge in [-0.1, -0.05) is 37.3 Å². The average Bonchev–Trinajstić information content (AvgIpc) is 2.88. The Morgan fingerprint density at radius 3 is 2.44 bits per heavy atom. The van der Waals surface area contributed by atoms with Crippen LogP contribution >= 0.6 is 0 Å². The van der Waals surface area contributed by atoms with Crippen LogP contribution in [0.2, 0.25) is 0 Å². The molecule has 1 aromatic carbocycles. The number of hydrogen-bond donors (Lipinski definition) is 1. The highest BCUT2D eigenvalue weighted by atomic mass is 14.9. The van der Waals surface area contributed by atoms with Crippen molar-refractivity contribution in [3.63, 3.8) is 0 Å². The molecular weight excluding hydrogens is 194 g/mol. The molecule has 0 spiro atoms. The molecule has 3 atom stereocenters. The molecular formula is C15H23N. The van der Waals surface area contributed by atoms with Gasteiger partial charge in [-0.05, 0) is 44.7 Å². The lowest BCUT2D eigenvalue weighted by molar-refractivity contribution is 0.466. The smallest absolute Gasteiger partial charge is 0.0164 e. The van der Waals surface area contributed by atoms with E-state index in [0.717, 1.165) is 5.92 Å². The molecule has 2 aliphatic rings. The van der Waals surface area contributed by atoms with Crippen LogP contribution in [-0.4, -0.2) is 13.1 Å². The first-order valence-electron chi connectivity index (χ1n) is 6.02. The largest absolute Gasteiger partial charge is 0.316 e. The highest BCUT2D eigenvalue weighted by Gasteiger charge is 2.62. The van der Waals surface area contributed by atoms with E-state index in [4.69, 9.17) is 0 Å². The number of rotatable bonds is 2. The zero-order valence-electron chi connectivity index (χ0n) is 9.59. The minimum Gasteiger partial charge on any atom is -0.316 e. The second kappa shape index (κ2) is 3.89. The summed E-state index contributed by atoms with van der Waals surface area (Å²) in [6, 6.07) is 9.90. The number of aryl methyl sites for hydroxylation is 1. The summed E-state index contributed by atoms with van der Waals surface area (Å²) in [6.45, 7) is 2.16. The fraction of sp³-hybridized carbons (Fsp3) is 0.600. The number of fused-ring (bicyclic) bond motifs is 1. The predicted molar refractivity (Wildman–Crippen MR) is 69.8 cm³/mol. The normalized spacial score (nSPS) is 35.4. The van der Waals surface area contributed by atoms with E-state index in [9.17, 15) is 0 Å². The third-order valence-corrected chi connectivity index (χ3v) is 4.52. The molecule has 2 fully saturated rings. The average molecular weight is 217 g/mol. The standard InChI is InChI=1S/C14H19N.CH4/c1-10-3-5-11(6-4-10)14-9-12(14)7-8-13(14)15-2;/h3-6,12-13,15H,7-9H2,1-2H3;1H4. The van der Waals surface area contributed by atoms with Gasteiger partial charge in [-0.15, -0.1) is 0 Å². The maximum absolute atomic E-state index is 3.51. The Morgan fingerprint density at radius 1 is 1.19 bits per heavy atom. The quantitative estimate of drug-likeness (QED) is 0.801. The van der Waals surface area contributed by atoms with Crippen molar-refractivity contribution in [1.82, 2.24) is 5.32 Å². The van der Waals surface area contributed by atoms with Crippen molar-refractivity contribution < 1.29 is 0 Å². The minimum absolute atomic E-state index is 0. The highest BCUT2D eigenvalue weighted by molar-refractivity contribution is 5.40. The number of nitrogens with one attached hydrogen (secondary N) is 1. The Labute approximate surface area is 99.3 Å². The number of benzene rings is 1. The molecule has 88 valence electrons. The first kappa shape index (κ1) is 11.7. The number of hydrogen-bond acceptors (Lipinski definition) is 1. The lowest BCUT2D eigenvalue weighted by atomic mass is 9.88. The SMILES string of the molecule is C.CNC1CCC2CC21c1ccc(C)cc1. The van der Waals surface area contributed by atoms with E-state index in [1.54, 1.807) is 5.56 Å². The van der Waals surface area contributed by atoms with E-state index in [1.165, 1.54) is 24.8 Å². The van der Waals surface area contributed by atoms with E-state index < -0.39 is 0 Å². The van der Waals surface area contributed by atoms with Crippen LogP contribution in [0.15, 0.2) is 24.3 Å². The Hall–Kier alpha value is -0.820. The Balaban J connectivity index is 0.000000963. The van der Waals surface area contributed by atoms with Gasteiger partial charge < -0.3 is 5.32 Å². The van der Waals surface area contributed by atoms with Gasteiger partial charge in [-0.2, -0.15) is 0 Å². The molecule has 0 saturated heterocycles. The molecule has 0 heterocycles. The van der Waals surface area contributed by atoms with Crippen molar-refractivity contribution in [2.45, 2.75) is 45.1 Å². The molecule has 0 aliphatic heterocycles. The van der Waals surface area contributed by atoms with Crippen LogP contribution in [0, 0.1) is 12.8 Å². The molecule has 3 unspecified atom stereocenters. The van der Waals surface area contributed by atoms with Crippen LogP contribution in [0.5, 0.6) is 0 Å². The third-order valence-electron chi connectivity index (χ3n) is 4.52. The maximum Gasteiger partial charge on any atom is 0.0164 e. The molecule has 1 N–H and O–H groups in total. The van der Waals surface area contributed by atoms with Gasteiger partial charge in [0.25, 0.3) is 0 Å². The van der Waals surface area contributed by atoms with Crippen LogP contribution in [0.4, 0.5) is 0 Å². The van der Waals surface area contributed by atoms with Crippen LogP contribution in [0.1, 0.15) is 37.8 Å². The lowest BCUT2D eigenvalue weighted by Gasteiger charge is -2.23. The molecule has 16 heavy (non-hydrogen) atoms. The fourth-order valence-corrected chi connectivity index (χ4v) is 3.58. The van der Waals surface area contributed by atoms with Gasteiger partial charge in [0.15, 0.2) is 0 Å². The zero-order chi connectivity index (χ0) is 10.5. The molecule has 1 aromatic rings. The van der Waals surface area contributed by atoms with Crippen LogP contribution in [0.3, 0.4) is 0 Å². The molecule has 2 aliphatic carbocycles. The topological polar surface area (TPSA) is 12.0 Å². The maximum atomic E-state index is 3.51. The molecule has 0 bridgehead atoms. The van der Waals surface area contributed by atoms with E-state index in [-0.39, 0.29) is 7.43 Å². The Bertz CT molecular complexity index is 368. The summed E-state index contributed by atoms with van der Waals surface area (Å²) < 4.78 is 0. The summed E-state index contributed by atoms with van der Waals surface area (Å²) >= 11 is 0. The van der Waals surface area contributed by atoms with E-state index >= 15 is 0 Å². The van der Waals surface area contributed by atoms with Gasteiger partial charge in [0.05, 0.1) is 0 Å². The highest BCUT2D eigenvalue weighted by Crippen LogP contribution is 2.64. The zero-order valence-corrected chi connectivity index (χ0v) is 9.59. The van der Waals surface area contributed by atoms with Gasteiger partial charge in [-0.25, -0.2) is 0 Å². The van der Waals surface area contributed by atoms with E-state index in [2.05, 4.69) is 43.6 Å². The van der Waals surface area contributed by atoms with Crippen LogP contribution in [0.25, 0.3) is 0 Å². The van der Waals surface area contributed by atoms with Crippen molar-refractivity contribution in [3.05, 3.63) is 35.4 Å².